The molecule has 1 amide bonds. The molecule has 0 saturated carbocycles. The summed E-state index contributed by atoms with van der Waals surface area (Å²) in [5.74, 6) is 0. The van der Waals surface area contributed by atoms with Gasteiger partial charge in [0.25, 0.3) is 0 Å². The number of hydrogen-bond donors (Lipinski definition) is 0. The fraction of sp³-hybridized carbons (Fsp3) is 0.938. The van der Waals surface area contributed by atoms with Gasteiger partial charge >= 0.3 is 6.09 Å². The van der Waals surface area contributed by atoms with Crippen LogP contribution >= 0.6 is 0 Å². The van der Waals surface area contributed by atoms with Crippen LogP contribution in [-0.2, 0) is 4.74 Å². The Morgan fingerprint density at radius 1 is 1.15 bits per heavy atom. The normalized spacial score (nSPS) is 17.6. The number of piperidine rings is 1. The van der Waals surface area contributed by atoms with Crippen molar-refractivity contribution >= 4 is 6.09 Å². The molecule has 0 unspecified atom stereocenters. The molecule has 0 spiro atoms. The lowest BCUT2D eigenvalue weighted by atomic mass is 10.0. The van der Waals surface area contributed by atoms with Crippen molar-refractivity contribution in [1.82, 2.24) is 9.80 Å². The number of nitrogens with zero attached hydrogens (tertiary/aromatic N) is 2. The van der Waals surface area contributed by atoms with Gasteiger partial charge in [-0.2, -0.15) is 0 Å². The van der Waals surface area contributed by atoms with Crippen molar-refractivity contribution in [2.24, 2.45) is 0 Å². The van der Waals surface area contributed by atoms with Gasteiger partial charge in [0.2, 0.25) is 0 Å². The second-order valence-electron chi connectivity index (χ2n) is 6.73. The van der Waals surface area contributed by atoms with Crippen LogP contribution in [0.1, 0.15) is 60.3 Å². The van der Waals surface area contributed by atoms with Crippen LogP contribution in [-0.4, -0.2) is 53.7 Å². The van der Waals surface area contributed by atoms with Crippen LogP contribution in [0.15, 0.2) is 0 Å². The van der Waals surface area contributed by atoms with E-state index in [0.717, 1.165) is 25.9 Å². The van der Waals surface area contributed by atoms with Crippen LogP contribution < -0.4 is 0 Å². The molecule has 1 rings (SSSR count). The smallest absolute Gasteiger partial charge is 0.410 e. The summed E-state index contributed by atoms with van der Waals surface area (Å²) in [6.07, 6.45) is 4.38. The third kappa shape index (κ3) is 5.70. The molecule has 1 aliphatic heterocycles. The molecule has 4 nitrogen and oxygen atoms in total. The van der Waals surface area contributed by atoms with Crippen molar-refractivity contribution in [3.63, 3.8) is 0 Å². The molecule has 118 valence electrons. The Bertz CT molecular complexity index is 285. The van der Waals surface area contributed by atoms with Gasteiger partial charge in [-0.3, -0.25) is 0 Å². The molecule has 1 aliphatic rings. The lowest BCUT2D eigenvalue weighted by Crippen LogP contribution is -2.48. The minimum absolute atomic E-state index is 0.159. The lowest BCUT2D eigenvalue weighted by Gasteiger charge is -2.38. The molecule has 0 aromatic carbocycles. The number of ether oxygens (including phenoxy) is 1. The number of hydrogen-bond acceptors (Lipinski definition) is 3. The molecule has 0 aromatic heterocycles. The maximum Gasteiger partial charge on any atom is 0.410 e. The van der Waals surface area contributed by atoms with Crippen LogP contribution in [0, 0.1) is 0 Å². The van der Waals surface area contributed by atoms with E-state index in [1.165, 1.54) is 25.9 Å². The van der Waals surface area contributed by atoms with E-state index >= 15 is 0 Å². The quantitative estimate of drug-likeness (QED) is 0.774. The van der Waals surface area contributed by atoms with Crippen molar-refractivity contribution in [2.45, 2.75) is 71.9 Å². The summed E-state index contributed by atoms with van der Waals surface area (Å²) in [6.45, 7) is 14.2. The monoisotopic (exact) mass is 284 g/mol. The molecular weight excluding hydrogens is 252 g/mol. The average Bonchev–Trinajstić information content (AvgIpc) is 2.37. The summed E-state index contributed by atoms with van der Waals surface area (Å²) in [5.41, 5.74) is -0.398. The Morgan fingerprint density at radius 3 is 2.05 bits per heavy atom. The number of rotatable bonds is 5. The third-order valence-electron chi connectivity index (χ3n) is 3.65. The number of amides is 1. The maximum atomic E-state index is 12.0. The predicted molar refractivity (Wildman–Crippen MR) is 83.0 cm³/mol. The first-order chi connectivity index (χ1) is 9.37. The summed E-state index contributed by atoms with van der Waals surface area (Å²) in [6, 6.07) is 0.633. The second-order valence-corrected chi connectivity index (χ2v) is 6.73. The zero-order chi connectivity index (χ0) is 15.2. The highest BCUT2D eigenvalue weighted by atomic mass is 16.6. The molecule has 1 heterocycles. The highest BCUT2D eigenvalue weighted by Gasteiger charge is 2.28. The van der Waals surface area contributed by atoms with Gasteiger partial charge in [-0.25, -0.2) is 4.79 Å². The van der Waals surface area contributed by atoms with Crippen molar-refractivity contribution < 1.29 is 9.53 Å². The number of carbonyl (C=O) groups excluding carboxylic acids is 1. The van der Waals surface area contributed by atoms with Crippen LogP contribution in [0.25, 0.3) is 0 Å². The Balaban J connectivity index is 2.44. The maximum absolute atomic E-state index is 12.0. The molecule has 1 saturated heterocycles. The highest BCUT2D eigenvalue weighted by molar-refractivity contribution is 5.68. The van der Waals surface area contributed by atoms with E-state index in [1.54, 1.807) is 0 Å². The predicted octanol–water partition coefficient (Wildman–Crippen LogP) is 3.51. The number of carbonyl (C=O) groups is 1. The van der Waals surface area contributed by atoms with Crippen LogP contribution in [0.3, 0.4) is 0 Å². The Morgan fingerprint density at radius 2 is 1.65 bits per heavy atom. The Kier molecular flexibility index (Phi) is 6.80. The highest BCUT2D eigenvalue weighted by Crippen LogP contribution is 2.19. The molecule has 0 radical (unpaired) electrons. The largest absolute Gasteiger partial charge is 0.444 e. The summed E-state index contributed by atoms with van der Waals surface area (Å²) >= 11 is 0. The molecule has 4 heteroatoms. The molecule has 0 aliphatic carbocycles. The van der Waals surface area contributed by atoms with Gasteiger partial charge in [-0.1, -0.05) is 13.8 Å². The molecule has 0 aromatic rings. The number of likely N-dealkylation sites (tertiary alicyclic amines) is 1. The van der Waals surface area contributed by atoms with Gasteiger partial charge in [0.05, 0.1) is 0 Å². The SMILES string of the molecule is CCCN(CCC)C1CCN(C(=O)OC(C)(C)C)CC1. The van der Waals surface area contributed by atoms with Crippen molar-refractivity contribution in [3.05, 3.63) is 0 Å². The first-order valence-corrected chi connectivity index (χ1v) is 8.09. The fourth-order valence-electron chi connectivity index (χ4n) is 2.79. The molecule has 0 bridgehead atoms. The van der Waals surface area contributed by atoms with E-state index in [0.29, 0.717) is 6.04 Å². The summed E-state index contributed by atoms with van der Waals surface area (Å²) in [4.78, 5) is 16.5. The summed E-state index contributed by atoms with van der Waals surface area (Å²) < 4.78 is 5.44. The van der Waals surface area contributed by atoms with Crippen molar-refractivity contribution in [1.29, 1.82) is 0 Å². The van der Waals surface area contributed by atoms with E-state index in [9.17, 15) is 4.79 Å². The molecule has 1 fully saturated rings. The van der Waals surface area contributed by atoms with E-state index < -0.39 is 5.60 Å². The second kappa shape index (κ2) is 7.87. The van der Waals surface area contributed by atoms with Crippen LogP contribution in [0.4, 0.5) is 4.79 Å². The zero-order valence-corrected chi connectivity index (χ0v) is 13.9. The summed E-state index contributed by atoms with van der Waals surface area (Å²) in [5, 5.41) is 0. The van der Waals surface area contributed by atoms with Gasteiger partial charge in [-0.05, 0) is 59.5 Å². The van der Waals surface area contributed by atoms with Gasteiger partial charge in [-0.15, -0.1) is 0 Å². The summed E-state index contributed by atoms with van der Waals surface area (Å²) in [7, 11) is 0. The van der Waals surface area contributed by atoms with Crippen molar-refractivity contribution in [2.75, 3.05) is 26.2 Å². The van der Waals surface area contributed by atoms with E-state index in [-0.39, 0.29) is 6.09 Å². The van der Waals surface area contributed by atoms with Crippen LogP contribution in [0.5, 0.6) is 0 Å². The van der Waals surface area contributed by atoms with Crippen molar-refractivity contribution in [3.8, 4) is 0 Å². The Hall–Kier alpha value is -0.770. The van der Waals surface area contributed by atoms with E-state index in [1.807, 2.05) is 25.7 Å². The first kappa shape index (κ1) is 17.3. The van der Waals surface area contributed by atoms with Gasteiger partial charge in [0, 0.05) is 19.1 Å². The third-order valence-corrected chi connectivity index (χ3v) is 3.65. The van der Waals surface area contributed by atoms with E-state index in [2.05, 4.69) is 18.7 Å². The van der Waals surface area contributed by atoms with E-state index in [4.69, 9.17) is 4.74 Å². The van der Waals surface area contributed by atoms with Gasteiger partial charge in [0.15, 0.2) is 0 Å². The van der Waals surface area contributed by atoms with Gasteiger partial charge < -0.3 is 14.5 Å². The fourth-order valence-corrected chi connectivity index (χ4v) is 2.79. The Labute approximate surface area is 124 Å². The molecular formula is C16H32N2O2. The van der Waals surface area contributed by atoms with Gasteiger partial charge in [0.1, 0.15) is 5.60 Å². The average molecular weight is 284 g/mol. The minimum Gasteiger partial charge on any atom is -0.444 e. The minimum atomic E-state index is -0.398. The lowest BCUT2D eigenvalue weighted by molar-refractivity contribution is 0.0143. The molecule has 0 atom stereocenters. The zero-order valence-electron chi connectivity index (χ0n) is 13.9. The standard InChI is InChI=1S/C16H32N2O2/c1-6-10-17(11-7-2)14-8-12-18(13-9-14)15(19)20-16(3,4)5/h14H,6-13H2,1-5H3. The van der Waals surface area contributed by atoms with Crippen LogP contribution in [0.2, 0.25) is 0 Å². The topological polar surface area (TPSA) is 32.8 Å². The molecule has 0 N–H and O–H groups in total. The molecule has 20 heavy (non-hydrogen) atoms. The first-order valence-electron chi connectivity index (χ1n) is 8.09.